The fourth-order valence-electron chi connectivity index (χ4n) is 1.77. The maximum absolute atomic E-state index is 12.1. The van der Waals surface area contributed by atoms with E-state index in [1.807, 2.05) is 6.92 Å². The van der Waals surface area contributed by atoms with Gasteiger partial charge in [0.25, 0.3) is 0 Å². The average molecular weight is 334 g/mol. The molecule has 1 aromatic carbocycles. The van der Waals surface area contributed by atoms with Crippen LogP contribution in [0.3, 0.4) is 0 Å². The van der Waals surface area contributed by atoms with E-state index in [9.17, 15) is 16.8 Å². The Labute approximate surface area is 126 Å². The Hall–Kier alpha value is -0.960. The topological polar surface area (TPSA) is 106 Å². The Kier molecular flexibility index (Phi) is 6.33. The molecule has 1 aromatic rings. The lowest BCUT2D eigenvalue weighted by Crippen LogP contribution is -2.26. The van der Waals surface area contributed by atoms with Crippen LogP contribution in [-0.2, 0) is 19.9 Å². The van der Waals surface area contributed by atoms with Gasteiger partial charge in [-0.1, -0.05) is 19.1 Å². The normalized spacial score (nSPS) is 14.0. The van der Waals surface area contributed by atoms with Crippen LogP contribution in [0.5, 0.6) is 0 Å². The monoisotopic (exact) mass is 334 g/mol. The molecule has 6 nitrogen and oxygen atoms in total. The van der Waals surface area contributed by atoms with Gasteiger partial charge in [-0.25, -0.2) is 21.6 Å². The Morgan fingerprint density at radius 1 is 1.24 bits per heavy atom. The zero-order valence-electron chi connectivity index (χ0n) is 12.2. The van der Waals surface area contributed by atoms with Crippen LogP contribution in [0.4, 0.5) is 0 Å². The van der Waals surface area contributed by atoms with Gasteiger partial charge in [-0.2, -0.15) is 0 Å². The van der Waals surface area contributed by atoms with Crippen LogP contribution in [0.1, 0.15) is 31.4 Å². The summed E-state index contributed by atoms with van der Waals surface area (Å²) in [4.78, 5) is 0.142. The Balaban J connectivity index is 2.74. The van der Waals surface area contributed by atoms with E-state index >= 15 is 0 Å². The van der Waals surface area contributed by atoms with Crippen molar-refractivity contribution >= 4 is 19.9 Å². The summed E-state index contributed by atoms with van der Waals surface area (Å²) in [6.45, 7) is 2.01. The van der Waals surface area contributed by atoms with Crippen molar-refractivity contribution in [1.29, 1.82) is 0 Å². The summed E-state index contributed by atoms with van der Waals surface area (Å²) in [7, 11) is -6.72. The van der Waals surface area contributed by atoms with Crippen molar-refractivity contribution in [3.63, 3.8) is 0 Å². The third-order valence-corrected chi connectivity index (χ3v) is 5.51. The highest BCUT2D eigenvalue weighted by atomic mass is 32.2. The van der Waals surface area contributed by atoms with Crippen molar-refractivity contribution in [2.24, 2.45) is 5.73 Å². The minimum absolute atomic E-state index is 0.0454. The third kappa shape index (κ3) is 6.13. The second kappa shape index (κ2) is 7.35. The highest BCUT2D eigenvalue weighted by Crippen LogP contribution is 2.18. The molecule has 1 rings (SSSR count). The highest BCUT2D eigenvalue weighted by Gasteiger charge is 2.15. The van der Waals surface area contributed by atoms with E-state index in [0.29, 0.717) is 6.42 Å². The molecule has 0 saturated heterocycles. The van der Waals surface area contributed by atoms with Crippen LogP contribution in [-0.4, -0.2) is 35.4 Å². The molecule has 8 heteroatoms. The fraction of sp³-hybridized carbons (Fsp3) is 0.538. The predicted molar refractivity (Wildman–Crippen MR) is 83.2 cm³/mol. The number of hydrogen-bond donors (Lipinski definition) is 2. The Bertz CT molecular complexity index is 669. The molecule has 0 amide bonds. The maximum atomic E-state index is 12.1. The first-order valence-electron chi connectivity index (χ1n) is 6.68. The van der Waals surface area contributed by atoms with Crippen molar-refractivity contribution in [2.75, 3.05) is 18.6 Å². The van der Waals surface area contributed by atoms with Crippen molar-refractivity contribution in [3.05, 3.63) is 29.8 Å². The molecule has 0 aliphatic rings. The summed E-state index contributed by atoms with van der Waals surface area (Å²) < 4.78 is 48.6. The number of nitrogens with one attached hydrogen (secondary N) is 1. The predicted octanol–water partition coefficient (Wildman–Crippen LogP) is 0.809. The minimum atomic E-state index is -3.64. The molecule has 0 radical (unpaired) electrons. The van der Waals surface area contributed by atoms with Crippen LogP contribution >= 0.6 is 0 Å². The van der Waals surface area contributed by atoms with E-state index in [1.54, 1.807) is 18.2 Å². The summed E-state index contributed by atoms with van der Waals surface area (Å²) in [5.41, 5.74) is 6.65. The zero-order chi connectivity index (χ0) is 16.1. The molecule has 0 fully saturated rings. The first-order chi connectivity index (χ1) is 9.65. The van der Waals surface area contributed by atoms with Gasteiger partial charge in [-0.05, 0) is 30.5 Å². The third-order valence-electron chi connectivity index (χ3n) is 3.02. The smallest absolute Gasteiger partial charge is 0.240 e. The second-order valence-corrected chi connectivity index (χ2v) is 9.00. The van der Waals surface area contributed by atoms with E-state index in [1.165, 1.54) is 6.07 Å². The number of benzene rings is 1. The van der Waals surface area contributed by atoms with Crippen molar-refractivity contribution < 1.29 is 16.8 Å². The molecule has 0 spiro atoms. The van der Waals surface area contributed by atoms with Crippen molar-refractivity contribution in [2.45, 2.75) is 30.7 Å². The largest absolute Gasteiger partial charge is 0.324 e. The second-order valence-electron chi connectivity index (χ2n) is 4.97. The SMILES string of the molecule is CCC(N)c1cccc(S(=O)(=O)NCCCS(C)(=O)=O)c1. The molecular formula is C13H22N2O4S2. The van der Waals surface area contributed by atoms with Crippen molar-refractivity contribution in [1.82, 2.24) is 4.72 Å². The first-order valence-corrected chi connectivity index (χ1v) is 10.2. The highest BCUT2D eigenvalue weighted by molar-refractivity contribution is 7.90. The number of sulfonamides is 1. The molecule has 0 aromatic heterocycles. The molecule has 21 heavy (non-hydrogen) atoms. The van der Waals surface area contributed by atoms with Crippen LogP contribution in [0.2, 0.25) is 0 Å². The number of sulfone groups is 1. The first kappa shape index (κ1) is 18.1. The number of rotatable bonds is 8. The molecular weight excluding hydrogens is 312 g/mol. The lowest BCUT2D eigenvalue weighted by atomic mass is 10.1. The van der Waals surface area contributed by atoms with E-state index in [0.717, 1.165) is 11.8 Å². The lowest BCUT2D eigenvalue weighted by molar-refractivity contribution is 0.577. The summed E-state index contributed by atoms with van der Waals surface area (Å²) in [5.74, 6) is -0.0454. The molecule has 0 bridgehead atoms. The van der Waals surface area contributed by atoms with Gasteiger partial charge in [0, 0.05) is 18.8 Å². The molecule has 3 N–H and O–H groups in total. The van der Waals surface area contributed by atoms with Crippen molar-refractivity contribution in [3.8, 4) is 0 Å². The number of nitrogens with two attached hydrogens (primary N) is 1. The van der Waals surface area contributed by atoms with E-state index < -0.39 is 19.9 Å². The van der Waals surface area contributed by atoms with Gasteiger partial charge in [0.05, 0.1) is 10.6 Å². The van der Waals surface area contributed by atoms with Crippen LogP contribution in [0.15, 0.2) is 29.2 Å². The minimum Gasteiger partial charge on any atom is -0.324 e. The zero-order valence-corrected chi connectivity index (χ0v) is 13.9. The molecule has 1 unspecified atom stereocenters. The molecule has 0 saturated carbocycles. The van der Waals surface area contributed by atoms with Gasteiger partial charge >= 0.3 is 0 Å². The Morgan fingerprint density at radius 3 is 2.48 bits per heavy atom. The summed E-state index contributed by atoms with van der Waals surface area (Å²) in [6, 6.07) is 6.27. The molecule has 0 aliphatic heterocycles. The van der Waals surface area contributed by atoms with E-state index in [-0.39, 0.29) is 29.7 Å². The summed E-state index contributed by atoms with van der Waals surface area (Å²) >= 11 is 0. The molecule has 0 heterocycles. The van der Waals surface area contributed by atoms with E-state index in [4.69, 9.17) is 5.73 Å². The van der Waals surface area contributed by atoms with E-state index in [2.05, 4.69) is 4.72 Å². The molecule has 1 atom stereocenters. The summed E-state index contributed by atoms with van der Waals surface area (Å²) in [5, 5.41) is 0. The molecule has 0 aliphatic carbocycles. The van der Waals surface area contributed by atoms with Gasteiger partial charge in [0.2, 0.25) is 10.0 Å². The standard InChI is InChI=1S/C13H22N2O4S2/c1-3-13(14)11-6-4-7-12(10-11)21(18,19)15-8-5-9-20(2,16)17/h4,6-7,10,13,15H,3,5,8-9,14H2,1-2H3. The average Bonchev–Trinajstić information content (AvgIpc) is 2.42. The van der Waals surface area contributed by atoms with Gasteiger partial charge in [0.15, 0.2) is 0 Å². The maximum Gasteiger partial charge on any atom is 0.240 e. The molecule has 120 valence electrons. The van der Waals surface area contributed by atoms with Crippen LogP contribution in [0, 0.1) is 0 Å². The lowest BCUT2D eigenvalue weighted by Gasteiger charge is -2.12. The van der Waals surface area contributed by atoms with Gasteiger partial charge < -0.3 is 5.73 Å². The summed E-state index contributed by atoms with van der Waals surface area (Å²) in [6.07, 6.45) is 2.08. The van der Waals surface area contributed by atoms with Crippen LogP contribution < -0.4 is 10.5 Å². The van der Waals surface area contributed by atoms with Gasteiger partial charge in [0.1, 0.15) is 9.84 Å². The van der Waals surface area contributed by atoms with Gasteiger partial charge in [-0.3, -0.25) is 0 Å². The Morgan fingerprint density at radius 2 is 1.90 bits per heavy atom. The van der Waals surface area contributed by atoms with Gasteiger partial charge in [-0.15, -0.1) is 0 Å². The fourth-order valence-corrected chi connectivity index (χ4v) is 3.57. The quantitative estimate of drug-likeness (QED) is 0.684. The number of hydrogen-bond acceptors (Lipinski definition) is 5. The van der Waals surface area contributed by atoms with Crippen LogP contribution in [0.25, 0.3) is 0 Å².